The molecular formula is C27H23NO6. The zero-order valence-corrected chi connectivity index (χ0v) is 19.0. The zero-order valence-electron chi connectivity index (χ0n) is 19.0. The third kappa shape index (κ3) is 3.37. The van der Waals surface area contributed by atoms with E-state index in [9.17, 15) is 14.7 Å². The number of ether oxygens (including phenoxy) is 3. The maximum Gasteiger partial charge on any atom is 0.300 e. The molecule has 2 aliphatic heterocycles. The smallest absolute Gasteiger partial charge is 0.300 e. The topological polar surface area (TPSA) is 85.3 Å². The van der Waals surface area contributed by atoms with Crippen molar-refractivity contribution in [3.63, 3.8) is 0 Å². The highest BCUT2D eigenvalue weighted by molar-refractivity contribution is 6.51. The molecule has 7 heteroatoms. The zero-order chi connectivity index (χ0) is 24.0. The first kappa shape index (κ1) is 21.6. The molecule has 1 fully saturated rings. The highest BCUT2D eigenvalue weighted by atomic mass is 16.7. The van der Waals surface area contributed by atoms with Crippen molar-refractivity contribution in [1.82, 2.24) is 0 Å². The number of aliphatic hydroxyl groups is 1. The van der Waals surface area contributed by atoms with E-state index in [4.69, 9.17) is 14.2 Å². The van der Waals surface area contributed by atoms with Crippen molar-refractivity contribution in [3.05, 3.63) is 88.5 Å². The Balaban J connectivity index is 1.74. The van der Waals surface area contributed by atoms with Gasteiger partial charge in [0.1, 0.15) is 11.5 Å². The predicted molar refractivity (Wildman–Crippen MR) is 126 cm³/mol. The Bertz CT molecular complexity index is 1360. The van der Waals surface area contributed by atoms with E-state index in [-0.39, 0.29) is 18.1 Å². The van der Waals surface area contributed by atoms with Crippen molar-refractivity contribution >= 4 is 23.1 Å². The molecule has 0 saturated carbocycles. The summed E-state index contributed by atoms with van der Waals surface area (Å²) in [5, 5.41) is 11.3. The van der Waals surface area contributed by atoms with Crippen LogP contribution >= 0.6 is 0 Å². The van der Waals surface area contributed by atoms with E-state index < -0.39 is 17.7 Å². The van der Waals surface area contributed by atoms with Crippen LogP contribution in [0, 0.1) is 13.8 Å². The van der Waals surface area contributed by atoms with E-state index in [0.717, 1.165) is 11.1 Å². The summed E-state index contributed by atoms with van der Waals surface area (Å²) in [6.07, 6.45) is 0. The molecule has 1 atom stereocenters. The number of carbonyl (C=O) groups is 2. The summed E-state index contributed by atoms with van der Waals surface area (Å²) in [5.41, 5.74) is 3.47. The van der Waals surface area contributed by atoms with Crippen LogP contribution in [0.4, 0.5) is 5.69 Å². The molecule has 2 aliphatic rings. The van der Waals surface area contributed by atoms with Crippen LogP contribution < -0.4 is 19.1 Å². The molecule has 1 N–H and O–H groups in total. The van der Waals surface area contributed by atoms with Crippen molar-refractivity contribution in [3.8, 4) is 17.2 Å². The second-order valence-corrected chi connectivity index (χ2v) is 8.23. The fourth-order valence-electron chi connectivity index (χ4n) is 4.40. The maximum atomic E-state index is 13.4. The van der Waals surface area contributed by atoms with Gasteiger partial charge in [-0.2, -0.15) is 0 Å². The van der Waals surface area contributed by atoms with Gasteiger partial charge in [0.15, 0.2) is 11.5 Å². The molecule has 3 aromatic rings. The fourth-order valence-corrected chi connectivity index (χ4v) is 4.40. The number of aryl methyl sites for hydroxylation is 1. The molecule has 5 rings (SSSR count). The molecule has 0 aliphatic carbocycles. The first-order chi connectivity index (χ1) is 16.4. The molecule has 1 saturated heterocycles. The predicted octanol–water partition coefficient (Wildman–Crippen LogP) is 4.67. The minimum atomic E-state index is -0.846. The lowest BCUT2D eigenvalue weighted by molar-refractivity contribution is -0.132. The van der Waals surface area contributed by atoms with Gasteiger partial charge in [-0.15, -0.1) is 0 Å². The molecule has 2 heterocycles. The van der Waals surface area contributed by atoms with Crippen LogP contribution in [0.3, 0.4) is 0 Å². The van der Waals surface area contributed by atoms with Gasteiger partial charge in [-0.3, -0.25) is 14.5 Å². The second kappa shape index (κ2) is 8.26. The van der Waals surface area contributed by atoms with Crippen molar-refractivity contribution in [2.24, 2.45) is 0 Å². The van der Waals surface area contributed by atoms with Crippen LogP contribution in [0.15, 0.2) is 66.2 Å². The molecule has 3 aromatic carbocycles. The van der Waals surface area contributed by atoms with Crippen LogP contribution in [0.25, 0.3) is 5.76 Å². The summed E-state index contributed by atoms with van der Waals surface area (Å²) in [5.74, 6) is -0.153. The monoisotopic (exact) mass is 457 g/mol. The van der Waals surface area contributed by atoms with Gasteiger partial charge in [0, 0.05) is 11.3 Å². The molecule has 1 unspecified atom stereocenters. The van der Waals surface area contributed by atoms with Gasteiger partial charge >= 0.3 is 0 Å². The number of methoxy groups -OCH3 is 1. The van der Waals surface area contributed by atoms with Crippen LogP contribution in [0.1, 0.15) is 28.3 Å². The number of amides is 1. The average Bonchev–Trinajstić information content (AvgIpc) is 3.42. The molecule has 1 amide bonds. The second-order valence-electron chi connectivity index (χ2n) is 8.23. The normalized spacial score (nSPS) is 18.4. The fraction of sp³-hybridized carbons (Fsp3) is 0.185. The maximum absolute atomic E-state index is 13.4. The Morgan fingerprint density at radius 3 is 2.56 bits per heavy atom. The van der Waals surface area contributed by atoms with E-state index in [1.54, 1.807) is 49.6 Å². The SMILES string of the molecule is COc1cccc(C2/C(=C(/O)c3ccc4c(c3)OCO4)C(=O)C(=O)N2c2cccc(C)c2C)c1. The largest absolute Gasteiger partial charge is 0.507 e. The lowest BCUT2D eigenvalue weighted by Crippen LogP contribution is -2.30. The Kier molecular flexibility index (Phi) is 5.24. The third-order valence-corrected chi connectivity index (χ3v) is 6.34. The first-order valence-electron chi connectivity index (χ1n) is 10.8. The number of nitrogens with zero attached hydrogens (tertiary/aromatic N) is 1. The summed E-state index contributed by atoms with van der Waals surface area (Å²) in [6.45, 7) is 3.94. The number of ketones is 1. The van der Waals surface area contributed by atoms with E-state index >= 15 is 0 Å². The van der Waals surface area contributed by atoms with Crippen molar-refractivity contribution < 1.29 is 28.9 Å². The molecule has 34 heavy (non-hydrogen) atoms. The van der Waals surface area contributed by atoms with Crippen LogP contribution in [-0.2, 0) is 9.59 Å². The molecule has 0 radical (unpaired) electrons. The molecule has 172 valence electrons. The molecule has 0 spiro atoms. The van der Waals surface area contributed by atoms with Gasteiger partial charge in [0.2, 0.25) is 6.79 Å². The van der Waals surface area contributed by atoms with Gasteiger partial charge in [-0.25, -0.2) is 0 Å². The summed E-state index contributed by atoms with van der Waals surface area (Å²) in [6, 6.07) is 16.8. The molecular weight excluding hydrogens is 434 g/mol. The highest BCUT2D eigenvalue weighted by Crippen LogP contribution is 2.45. The highest BCUT2D eigenvalue weighted by Gasteiger charge is 2.47. The van der Waals surface area contributed by atoms with E-state index in [1.807, 2.05) is 32.0 Å². The van der Waals surface area contributed by atoms with Crippen LogP contribution in [0.2, 0.25) is 0 Å². The average molecular weight is 457 g/mol. The Morgan fingerprint density at radius 2 is 1.76 bits per heavy atom. The third-order valence-electron chi connectivity index (χ3n) is 6.34. The lowest BCUT2D eigenvalue weighted by atomic mass is 9.94. The number of anilines is 1. The molecule has 0 aromatic heterocycles. The van der Waals surface area contributed by atoms with Crippen LogP contribution in [-0.4, -0.2) is 30.7 Å². The molecule has 7 nitrogen and oxygen atoms in total. The first-order valence-corrected chi connectivity index (χ1v) is 10.8. The Labute approximate surface area is 196 Å². The number of aliphatic hydroxyl groups excluding tert-OH is 1. The van der Waals surface area contributed by atoms with E-state index in [0.29, 0.717) is 34.1 Å². The van der Waals surface area contributed by atoms with E-state index in [2.05, 4.69) is 0 Å². The minimum Gasteiger partial charge on any atom is -0.507 e. The number of benzene rings is 3. The summed E-state index contributed by atoms with van der Waals surface area (Å²) >= 11 is 0. The number of Topliss-reactive ketones (excluding diaryl/α,β-unsaturated/α-hetero) is 1. The van der Waals surface area contributed by atoms with Gasteiger partial charge in [-0.05, 0) is 66.9 Å². The van der Waals surface area contributed by atoms with Crippen molar-refractivity contribution in [1.29, 1.82) is 0 Å². The summed E-state index contributed by atoms with van der Waals surface area (Å²) < 4.78 is 16.2. The number of fused-ring (bicyclic) bond motifs is 1. The number of hydrogen-bond acceptors (Lipinski definition) is 6. The molecule has 0 bridgehead atoms. The lowest BCUT2D eigenvalue weighted by Gasteiger charge is -2.27. The van der Waals surface area contributed by atoms with Gasteiger partial charge in [0.05, 0.1) is 18.7 Å². The standard InChI is InChI=1S/C27H23NO6/c1-15-6-4-9-20(16(15)2)28-24(17-7-5-8-19(12-17)32-3)23(26(30)27(28)31)25(29)18-10-11-21-22(13-18)34-14-33-21/h4-13,24,29H,14H2,1-3H3/b25-23-. The van der Waals surface area contributed by atoms with Gasteiger partial charge in [0.25, 0.3) is 11.7 Å². The summed E-state index contributed by atoms with van der Waals surface area (Å²) in [4.78, 5) is 28.2. The number of rotatable bonds is 4. The number of carbonyl (C=O) groups excluding carboxylic acids is 2. The van der Waals surface area contributed by atoms with Gasteiger partial charge < -0.3 is 19.3 Å². The van der Waals surface area contributed by atoms with Gasteiger partial charge in [-0.1, -0.05) is 24.3 Å². The Morgan fingerprint density at radius 1 is 1.00 bits per heavy atom. The minimum absolute atomic E-state index is 0.00183. The van der Waals surface area contributed by atoms with Crippen molar-refractivity contribution in [2.75, 3.05) is 18.8 Å². The van der Waals surface area contributed by atoms with Crippen molar-refractivity contribution in [2.45, 2.75) is 19.9 Å². The quantitative estimate of drug-likeness (QED) is 0.348. The van der Waals surface area contributed by atoms with E-state index in [1.165, 1.54) is 4.90 Å². The Hall–Kier alpha value is -4.26. The number of hydrogen-bond donors (Lipinski definition) is 1. The summed E-state index contributed by atoms with van der Waals surface area (Å²) in [7, 11) is 1.55. The van der Waals surface area contributed by atoms with Crippen LogP contribution in [0.5, 0.6) is 17.2 Å².